The predicted molar refractivity (Wildman–Crippen MR) is 69.1 cm³/mol. The summed E-state index contributed by atoms with van der Waals surface area (Å²) in [5.74, 6) is -1.24. The molecule has 100 valence electrons. The first-order chi connectivity index (χ1) is 9.16. The van der Waals surface area contributed by atoms with Crippen molar-refractivity contribution in [2.45, 2.75) is 0 Å². The Hall–Kier alpha value is -2.34. The minimum Gasteiger partial charge on any atom is -0.480 e. The summed E-state index contributed by atoms with van der Waals surface area (Å²) in [6, 6.07) is 7.30. The molecule has 1 aromatic heterocycles. The summed E-state index contributed by atoms with van der Waals surface area (Å²) >= 11 is 0. The molecule has 0 spiro atoms. The zero-order valence-electron chi connectivity index (χ0n) is 10.2. The van der Waals surface area contributed by atoms with Crippen molar-refractivity contribution in [3.05, 3.63) is 36.0 Å². The minimum absolute atomic E-state index is 0.169. The zero-order valence-corrected chi connectivity index (χ0v) is 10.2. The fraction of sp³-hybridized carbons (Fsp3) is 0.231. The topological polar surface area (TPSA) is 91.4 Å². The van der Waals surface area contributed by atoms with Gasteiger partial charge in [-0.2, -0.15) is 0 Å². The van der Waals surface area contributed by atoms with Crippen molar-refractivity contribution in [3.8, 4) is 0 Å². The van der Waals surface area contributed by atoms with Crippen molar-refractivity contribution < 1.29 is 19.4 Å². The summed E-state index contributed by atoms with van der Waals surface area (Å²) in [6.45, 7) is 0.0853. The number of hydrogen-bond donors (Lipinski definition) is 3. The van der Waals surface area contributed by atoms with Crippen molar-refractivity contribution in [1.82, 2.24) is 10.3 Å². The predicted octanol–water partition coefficient (Wildman–Crippen LogP) is 0.999. The maximum atomic E-state index is 11.8. The molecule has 0 aliphatic rings. The fourth-order valence-corrected chi connectivity index (χ4v) is 1.69. The molecule has 1 aromatic carbocycles. The van der Waals surface area contributed by atoms with Gasteiger partial charge in [0, 0.05) is 23.8 Å². The van der Waals surface area contributed by atoms with Crippen molar-refractivity contribution in [1.29, 1.82) is 0 Å². The van der Waals surface area contributed by atoms with E-state index in [-0.39, 0.29) is 25.7 Å². The molecule has 0 aliphatic heterocycles. The molecule has 2 aromatic rings. The van der Waals surface area contributed by atoms with E-state index in [4.69, 9.17) is 9.84 Å². The van der Waals surface area contributed by atoms with Crippen molar-refractivity contribution in [3.63, 3.8) is 0 Å². The molecule has 1 amide bonds. The van der Waals surface area contributed by atoms with Crippen LogP contribution in [0.1, 0.15) is 10.4 Å². The summed E-state index contributed by atoms with van der Waals surface area (Å²) in [6.07, 6.45) is 1.81. The summed E-state index contributed by atoms with van der Waals surface area (Å²) in [5.41, 5.74) is 1.45. The molecule has 0 bridgehead atoms. The number of benzene rings is 1. The standard InChI is InChI=1S/C13H14N2O4/c16-12(17)8-19-6-5-15-13(18)10-2-1-9-3-4-14-11(9)7-10/h1-4,7,14H,5-6,8H2,(H,15,18)(H,16,17). The number of aromatic nitrogens is 1. The first-order valence-electron chi connectivity index (χ1n) is 5.82. The fourth-order valence-electron chi connectivity index (χ4n) is 1.69. The van der Waals surface area contributed by atoms with E-state index in [2.05, 4.69) is 10.3 Å². The van der Waals surface area contributed by atoms with E-state index in [1.54, 1.807) is 12.1 Å². The van der Waals surface area contributed by atoms with Crippen molar-refractivity contribution in [2.75, 3.05) is 19.8 Å². The van der Waals surface area contributed by atoms with Gasteiger partial charge in [0.15, 0.2) is 0 Å². The lowest BCUT2D eigenvalue weighted by Crippen LogP contribution is -2.27. The van der Waals surface area contributed by atoms with Gasteiger partial charge in [0.1, 0.15) is 6.61 Å². The molecular formula is C13H14N2O4. The molecule has 1 heterocycles. The van der Waals surface area contributed by atoms with E-state index in [0.717, 1.165) is 10.9 Å². The number of nitrogens with one attached hydrogen (secondary N) is 2. The molecule has 0 saturated carbocycles. The van der Waals surface area contributed by atoms with Gasteiger partial charge in [-0.25, -0.2) is 4.79 Å². The number of aliphatic carboxylic acids is 1. The van der Waals surface area contributed by atoms with Gasteiger partial charge in [-0.15, -0.1) is 0 Å². The van der Waals surface area contributed by atoms with Gasteiger partial charge < -0.3 is 20.1 Å². The van der Waals surface area contributed by atoms with Gasteiger partial charge >= 0.3 is 5.97 Å². The number of fused-ring (bicyclic) bond motifs is 1. The smallest absolute Gasteiger partial charge is 0.329 e. The molecule has 2 rings (SSSR count). The molecule has 0 unspecified atom stereocenters. The maximum absolute atomic E-state index is 11.8. The van der Waals surface area contributed by atoms with Crippen molar-refractivity contribution in [2.24, 2.45) is 0 Å². The van der Waals surface area contributed by atoms with Gasteiger partial charge in [0.2, 0.25) is 0 Å². The van der Waals surface area contributed by atoms with E-state index in [1.807, 2.05) is 18.3 Å². The maximum Gasteiger partial charge on any atom is 0.329 e. The van der Waals surface area contributed by atoms with E-state index in [0.29, 0.717) is 5.56 Å². The average molecular weight is 262 g/mol. The number of carbonyl (C=O) groups excluding carboxylic acids is 1. The number of hydrogen-bond acceptors (Lipinski definition) is 3. The highest BCUT2D eigenvalue weighted by molar-refractivity contribution is 5.97. The van der Waals surface area contributed by atoms with E-state index >= 15 is 0 Å². The van der Waals surface area contributed by atoms with Crippen LogP contribution in [0, 0.1) is 0 Å². The van der Waals surface area contributed by atoms with E-state index in [1.165, 1.54) is 0 Å². The Labute approximate surface area is 109 Å². The number of carboxylic acid groups (broad SMARTS) is 1. The lowest BCUT2D eigenvalue weighted by molar-refractivity contribution is -0.142. The number of aromatic amines is 1. The summed E-state index contributed by atoms with van der Waals surface area (Å²) in [4.78, 5) is 25.0. The third-order valence-corrected chi connectivity index (χ3v) is 2.57. The SMILES string of the molecule is O=C(O)COCCNC(=O)c1ccc2cc[nH]c2c1. The number of carboxylic acids is 1. The Bertz CT molecular complexity index is 591. The summed E-state index contributed by atoms with van der Waals surface area (Å²) in [7, 11) is 0. The van der Waals surface area contributed by atoms with Crippen LogP contribution in [-0.4, -0.2) is 41.7 Å². The Morgan fingerprint density at radius 2 is 2.16 bits per heavy atom. The second kappa shape index (κ2) is 6.01. The summed E-state index contributed by atoms with van der Waals surface area (Å²) in [5, 5.41) is 12.1. The average Bonchev–Trinajstić information content (AvgIpc) is 2.84. The van der Waals surface area contributed by atoms with Crippen LogP contribution in [0.4, 0.5) is 0 Å². The largest absolute Gasteiger partial charge is 0.480 e. The van der Waals surface area contributed by atoms with Crippen LogP contribution in [-0.2, 0) is 9.53 Å². The van der Waals surface area contributed by atoms with Crippen molar-refractivity contribution >= 4 is 22.8 Å². The van der Waals surface area contributed by atoms with Crippen LogP contribution in [0.3, 0.4) is 0 Å². The molecule has 6 nitrogen and oxygen atoms in total. The minimum atomic E-state index is -1.02. The third-order valence-electron chi connectivity index (χ3n) is 2.57. The lowest BCUT2D eigenvalue weighted by Gasteiger charge is -2.05. The quantitative estimate of drug-likeness (QED) is 0.677. The number of H-pyrrole nitrogens is 1. The van der Waals surface area contributed by atoms with Crippen LogP contribution in [0.5, 0.6) is 0 Å². The third kappa shape index (κ3) is 3.56. The van der Waals surface area contributed by atoms with Gasteiger partial charge in [-0.1, -0.05) is 6.07 Å². The zero-order chi connectivity index (χ0) is 13.7. The highest BCUT2D eigenvalue weighted by Crippen LogP contribution is 2.13. The Morgan fingerprint density at radius 3 is 2.95 bits per heavy atom. The second-order valence-corrected chi connectivity index (χ2v) is 3.98. The number of ether oxygens (including phenoxy) is 1. The molecule has 6 heteroatoms. The highest BCUT2D eigenvalue weighted by Gasteiger charge is 2.06. The van der Waals surface area contributed by atoms with Crippen LogP contribution >= 0.6 is 0 Å². The molecule has 0 radical (unpaired) electrons. The molecule has 19 heavy (non-hydrogen) atoms. The first-order valence-corrected chi connectivity index (χ1v) is 5.82. The van der Waals surface area contributed by atoms with Gasteiger partial charge in [-0.3, -0.25) is 4.79 Å². The van der Waals surface area contributed by atoms with Gasteiger partial charge in [-0.05, 0) is 23.6 Å². The second-order valence-electron chi connectivity index (χ2n) is 3.98. The Balaban J connectivity index is 1.84. The van der Waals surface area contributed by atoms with Gasteiger partial charge in [0.05, 0.1) is 6.61 Å². The normalized spacial score (nSPS) is 10.5. The molecule has 3 N–H and O–H groups in total. The highest BCUT2D eigenvalue weighted by atomic mass is 16.5. The van der Waals surface area contributed by atoms with Crippen LogP contribution in [0.25, 0.3) is 10.9 Å². The summed E-state index contributed by atoms with van der Waals surface area (Å²) < 4.78 is 4.82. The van der Waals surface area contributed by atoms with Crippen LogP contribution in [0.2, 0.25) is 0 Å². The Kier molecular flexibility index (Phi) is 4.15. The van der Waals surface area contributed by atoms with E-state index in [9.17, 15) is 9.59 Å². The van der Waals surface area contributed by atoms with Crippen LogP contribution < -0.4 is 5.32 Å². The molecular weight excluding hydrogens is 248 g/mol. The van der Waals surface area contributed by atoms with Crippen LogP contribution in [0.15, 0.2) is 30.5 Å². The molecule has 0 saturated heterocycles. The van der Waals surface area contributed by atoms with E-state index < -0.39 is 5.97 Å². The monoisotopic (exact) mass is 262 g/mol. The van der Waals surface area contributed by atoms with Gasteiger partial charge in [0.25, 0.3) is 5.91 Å². The Morgan fingerprint density at radius 1 is 1.32 bits per heavy atom. The molecule has 0 atom stereocenters. The lowest BCUT2D eigenvalue weighted by atomic mass is 10.1. The molecule has 0 aliphatic carbocycles. The number of rotatable bonds is 6. The number of carbonyl (C=O) groups is 2. The molecule has 0 fully saturated rings. The first kappa shape index (κ1) is 13.1. The number of amides is 1.